The van der Waals surface area contributed by atoms with E-state index in [2.05, 4.69) is 0 Å². The molecule has 0 aromatic heterocycles. The molecule has 0 bridgehead atoms. The predicted octanol–water partition coefficient (Wildman–Crippen LogP) is 5.66. The van der Waals surface area contributed by atoms with Gasteiger partial charge in [-0.25, -0.2) is 16.9 Å². The van der Waals surface area contributed by atoms with Crippen molar-refractivity contribution in [1.82, 2.24) is 4.31 Å². The van der Waals surface area contributed by atoms with Crippen LogP contribution in [-0.4, -0.2) is 46.1 Å². The highest BCUT2D eigenvalue weighted by molar-refractivity contribution is 7.89. The van der Waals surface area contributed by atoms with Crippen LogP contribution in [0.5, 0.6) is 0 Å². The number of fused-ring (bicyclic) bond motifs is 2. The number of benzene rings is 3. The number of alkyl halides is 3. The molecule has 8 nitrogen and oxygen atoms in total. The van der Waals surface area contributed by atoms with Crippen LogP contribution >= 0.6 is 0 Å². The average molecular weight is 597 g/mol. The number of rotatable bonds is 8. The van der Waals surface area contributed by atoms with E-state index in [1.807, 2.05) is 6.92 Å². The van der Waals surface area contributed by atoms with Crippen molar-refractivity contribution < 1.29 is 39.0 Å². The van der Waals surface area contributed by atoms with Gasteiger partial charge in [0, 0.05) is 41.7 Å². The highest BCUT2D eigenvalue weighted by Crippen LogP contribution is 2.48. The van der Waals surface area contributed by atoms with E-state index >= 15 is 0 Å². The van der Waals surface area contributed by atoms with Gasteiger partial charge in [-0.2, -0.15) is 21.6 Å². The number of hydrogen-bond donors (Lipinski definition) is 0. The molecule has 1 atom stereocenters. The Hall–Kier alpha value is -3.42. The van der Waals surface area contributed by atoms with E-state index in [4.69, 9.17) is 4.18 Å². The van der Waals surface area contributed by atoms with E-state index in [-0.39, 0.29) is 33.8 Å². The summed E-state index contributed by atoms with van der Waals surface area (Å²) in [4.78, 5) is 15.5. The monoisotopic (exact) mass is 596 g/mol. The normalized spacial score (nSPS) is 15.3. The molecule has 1 heterocycles. The third-order valence-electron chi connectivity index (χ3n) is 6.57. The molecule has 0 saturated carbocycles. The van der Waals surface area contributed by atoms with Gasteiger partial charge in [-0.1, -0.05) is 55.3 Å². The molecule has 13 heteroatoms. The minimum absolute atomic E-state index is 0.0621. The lowest BCUT2D eigenvalue weighted by Gasteiger charge is -2.36. The quantitative estimate of drug-likeness (QED) is 0.244. The Bertz CT molecular complexity index is 1640. The topological polar surface area (TPSA) is 101 Å². The minimum atomic E-state index is -6.11. The first-order valence-corrected chi connectivity index (χ1v) is 15.1. The molecule has 1 aliphatic heterocycles. The molecule has 0 N–H and O–H groups in total. The zero-order chi connectivity index (χ0) is 29.5. The second-order valence-electron chi connectivity index (χ2n) is 9.28. The molecular weight excluding hydrogens is 569 g/mol. The van der Waals surface area contributed by atoms with Crippen molar-refractivity contribution in [3.8, 4) is 0 Å². The van der Waals surface area contributed by atoms with Crippen molar-refractivity contribution in [1.29, 1.82) is 0 Å². The molecule has 1 aliphatic rings. The molecule has 214 valence electrons. The minimum Gasteiger partial charge on any atom is -0.344 e. The van der Waals surface area contributed by atoms with Crippen LogP contribution in [0.25, 0.3) is 0 Å². The van der Waals surface area contributed by atoms with Crippen molar-refractivity contribution >= 4 is 37.4 Å². The van der Waals surface area contributed by atoms with Crippen LogP contribution in [0.15, 0.2) is 71.6 Å². The lowest BCUT2D eigenvalue weighted by Crippen LogP contribution is -2.39. The second kappa shape index (κ2) is 10.9. The average Bonchev–Trinajstić information content (AvgIpc) is 2.90. The molecule has 1 unspecified atom stereocenters. The van der Waals surface area contributed by atoms with Gasteiger partial charge in [0.2, 0.25) is 0 Å². The molecule has 40 heavy (non-hydrogen) atoms. The van der Waals surface area contributed by atoms with E-state index < -0.39 is 37.7 Å². The lowest BCUT2D eigenvalue weighted by molar-refractivity contribution is -0.0563. The van der Waals surface area contributed by atoms with Gasteiger partial charge in [-0.05, 0) is 43.7 Å². The van der Waals surface area contributed by atoms with Crippen LogP contribution in [0.3, 0.4) is 0 Å². The maximum atomic E-state index is 14.0. The van der Waals surface area contributed by atoms with Crippen LogP contribution in [-0.2, 0) is 24.3 Å². The first-order chi connectivity index (χ1) is 18.7. The first-order valence-electron chi connectivity index (χ1n) is 12.3. The summed E-state index contributed by atoms with van der Waals surface area (Å²) in [6.07, 6.45) is -1.01. The Kier molecular flexibility index (Phi) is 8.03. The fourth-order valence-corrected chi connectivity index (χ4v) is 6.48. The number of nitrogens with zero attached hydrogens (tertiary/aromatic N) is 2. The fourth-order valence-electron chi connectivity index (χ4n) is 4.49. The molecule has 0 saturated heterocycles. The summed E-state index contributed by atoms with van der Waals surface area (Å²) in [6, 6.07) is 16.2. The van der Waals surface area contributed by atoms with E-state index in [9.17, 15) is 34.8 Å². The molecule has 0 spiro atoms. The lowest BCUT2D eigenvalue weighted by atomic mass is 9.89. The Morgan fingerprint density at radius 2 is 1.57 bits per heavy atom. The molecular formula is C27H27F3N2O6S2. The van der Waals surface area contributed by atoms with E-state index in [1.54, 1.807) is 43.1 Å². The molecule has 4 rings (SSSR count). The molecule has 3 aromatic carbocycles. The van der Waals surface area contributed by atoms with E-state index in [1.165, 1.54) is 42.5 Å². The summed E-state index contributed by atoms with van der Waals surface area (Å²) in [5.74, 6) is -1.02. The summed E-state index contributed by atoms with van der Waals surface area (Å²) in [6.45, 7) is 3.38. The number of amides is 1. The van der Waals surface area contributed by atoms with Crippen LogP contribution in [0.4, 0.5) is 24.5 Å². The molecule has 0 fully saturated rings. The number of carbonyl (C=O) groups is 1. The number of sulfonamides is 1. The number of para-hydroxylation sites is 1. The van der Waals surface area contributed by atoms with Gasteiger partial charge in [0.05, 0.1) is 4.90 Å². The van der Waals surface area contributed by atoms with Gasteiger partial charge >= 0.3 is 15.6 Å². The van der Waals surface area contributed by atoms with Crippen molar-refractivity contribution in [2.75, 3.05) is 18.5 Å². The van der Waals surface area contributed by atoms with E-state index in [0.29, 0.717) is 22.8 Å². The highest BCUT2D eigenvalue weighted by atomic mass is 32.2. The number of anilines is 2. The number of hydrogen-bond acceptors (Lipinski definition) is 7. The standard InChI is InChI=1S/C27H27F3N2O6S2/c1-4-5-17-32(39(34,35)19-15-13-18(2)14-16-19)26(33)21-10-8-12-23-24(21)25(38-40(36,37)27(28,29)30)20-9-6-7-11-22(20)31(23)3/h6-16,25H,4-5,17H2,1-3H3. The summed E-state index contributed by atoms with van der Waals surface area (Å²) in [5, 5.41) is 0. The van der Waals surface area contributed by atoms with Gasteiger partial charge in [0.1, 0.15) is 6.10 Å². The maximum absolute atomic E-state index is 14.0. The Morgan fingerprint density at radius 3 is 2.20 bits per heavy atom. The van der Waals surface area contributed by atoms with Crippen molar-refractivity contribution in [3.63, 3.8) is 0 Å². The third-order valence-corrected chi connectivity index (χ3v) is 9.38. The SMILES string of the molecule is CCCCN(C(=O)c1cccc2c1C(OS(=O)(=O)C(F)(F)F)c1ccccc1N2C)S(=O)(=O)c1ccc(C)cc1. The Labute approximate surface area is 231 Å². The van der Waals surface area contributed by atoms with Crippen molar-refractivity contribution in [2.45, 2.75) is 43.2 Å². The summed E-state index contributed by atoms with van der Waals surface area (Å²) in [5.41, 5.74) is -4.81. The van der Waals surface area contributed by atoms with Gasteiger partial charge in [0.25, 0.3) is 15.9 Å². The van der Waals surface area contributed by atoms with Gasteiger partial charge in [0.15, 0.2) is 0 Å². The van der Waals surface area contributed by atoms with Gasteiger partial charge in [-0.3, -0.25) is 4.79 Å². The maximum Gasteiger partial charge on any atom is 0.523 e. The number of unbranched alkanes of at least 4 members (excludes halogenated alkanes) is 1. The van der Waals surface area contributed by atoms with Gasteiger partial charge in [-0.15, -0.1) is 0 Å². The first kappa shape index (κ1) is 29.6. The van der Waals surface area contributed by atoms with Crippen molar-refractivity contribution in [2.24, 2.45) is 0 Å². The zero-order valence-corrected chi connectivity index (χ0v) is 23.5. The van der Waals surface area contributed by atoms with Crippen LogP contribution in [0.1, 0.15) is 52.9 Å². The Balaban J connectivity index is 1.92. The largest absolute Gasteiger partial charge is 0.523 e. The summed E-state index contributed by atoms with van der Waals surface area (Å²) in [7, 11) is -8.90. The molecule has 3 aromatic rings. The Morgan fingerprint density at radius 1 is 0.950 bits per heavy atom. The number of carbonyl (C=O) groups excluding carboxylic acids is 1. The van der Waals surface area contributed by atoms with E-state index in [0.717, 1.165) is 5.56 Å². The van der Waals surface area contributed by atoms with Crippen molar-refractivity contribution in [3.05, 3.63) is 89.0 Å². The third kappa shape index (κ3) is 5.32. The smallest absolute Gasteiger partial charge is 0.344 e. The van der Waals surface area contributed by atoms with Gasteiger partial charge < -0.3 is 4.90 Å². The summed E-state index contributed by atoms with van der Waals surface area (Å²) >= 11 is 0. The highest BCUT2D eigenvalue weighted by Gasteiger charge is 2.50. The predicted molar refractivity (Wildman–Crippen MR) is 143 cm³/mol. The fraction of sp³-hybridized carbons (Fsp3) is 0.296. The molecule has 0 aliphatic carbocycles. The number of aryl methyl sites for hydroxylation is 1. The second-order valence-corrected chi connectivity index (χ2v) is 12.7. The van der Waals surface area contributed by atoms with Crippen LogP contribution < -0.4 is 4.90 Å². The summed E-state index contributed by atoms with van der Waals surface area (Å²) < 4.78 is 97.5. The molecule has 1 amide bonds. The molecule has 0 radical (unpaired) electrons. The zero-order valence-electron chi connectivity index (χ0n) is 21.8. The number of halogens is 3. The van der Waals surface area contributed by atoms with Crippen LogP contribution in [0, 0.1) is 6.92 Å². The van der Waals surface area contributed by atoms with Crippen LogP contribution in [0.2, 0.25) is 0 Å².